The minimum absolute atomic E-state index is 0.0178. The molecule has 1 atom stereocenters. The van der Waals surface area contributed by atoms with Crippen molar-refractivity contribution in [2.75, 3.05) is 12.4 Å². The Morgan fingerprint density at radius 3 is 2.53 bits per heavy atom. The third-order valence-corrected chi connectivity index (χ3v) is 5.17. The molecule has 2 N–H and O–H groups in total. The molecule has 2 aromatic carbocycles. The zero-order valence-electron chi connectivity index (χ0n) is 17.7. The number of nitrogens with one attached hydrogen (secondary N) is 2. The highest BCUT2D eigenvalue weighted by Gasteiger charge is 2.42. The highest BCUT2D eigenvalue weighted by atomic mass is 16.5. The Labute approximate surface area is 184 Å². The highest BCUT2D eigenvalue weighted by Crippen LogP contribution is 2.29. The molecule has 0 aliphatic carbocycles. The van der Waals surface area contributed by atoms with Crippen molar-refractivity contribution in [3.05, 3.63) is 59.2 Å². The molecule has 0 bridgehead atoms. The zero-order valence-corrected chi connectivity index (χ0v) is 17.7. The molecular formula is C23H23N3O6. The van der Waals surface area contributed by atoms with Crippen molar-refractivity contribution in [1.82, 2.24) is 10.2 Å². The number of anilines is 1. The molecular weight excluding hydrogens is 414 g/mol. The molecule has 1 aliphatic heterocycles. The lowest BCUT2D eigenvalue weighted by molar-refractivity contribution is -0.121. The number of fused-ring (bicyclic) bond motifs is 1. The normalized spacial score (nSPS) is 13.4. The number of benzene rings is 2. The Kier molecular flexibility index (Phi) is 6.99. The SMILES string of the molecule is COc1ccccc1NC(=O)NCc1cccc2c1C(=O)N(C(CCC=O)C(C)=O)C2=O. The summed E-state index contributed by atoms with van der Waals surface area (Å²) in [7, 11) is 1.49. The zero-order chi connectivity index (χ0) is 23.3. The quantitative estimate of drug-likeness (QED) is 0.459. The van der Waals surface area contributed by atoms with Crippen LogP contribution in [0.1, 0.15) is 46.0 Å². The molecule has 2 aromatic rings. The average molecular weight is 437 g/mol. The van der Waals surface area contributed by atoms with Gasteiger partial charge < -0.3 is 20.2 Å². The maximum atomic E-state index is 13.1. The Morgan fingerprint density at radius 1 is 1.09 bits per heavy atom. The molecule has 1 unspecified atom stereocenters. The van der Waals surface area contributed by atoms with Crippen LogP contribution in [0.5, 0.6) is 5.75 Å². The van der Waals surface area contributed by atoms with E-state index in [1.807, 2.05) is 0 Å². The van der Waals surface area contributed by atoms with Gasteiger partial charge in [-0.15, -0.1) is 0 Å². The summed E-state index contributed by atoms with van der Waals surface area (Å²) in [6.45, 7) is 1.26. The number of aldehydes is 1. The van der Waals surface area contributed by atoms with Gasteiger partial charge in [-0.05, 0) is 37.1 Å². The lowest BCUT2D eigenvalue weighted by Crippen LogP contribution is -2.44. The summed E-state index contributed by atoms with van der Waals surface area (Å²) >= 11 is 0. The summed E-state index contributed by atoms with van der Waals surface area (Å²) in [5.74, 6) is -1.09. The Hall–Kier alpha value is -4.01. The fourth-order valence-corrected chi connectivity index (χ4v) is 3.63. The number of ether oxygens (including phenoxy) is 1. The van der Waals surface area contributed by atoms with Crippen LogP contribution in [-0.2, 0) is 16.1 Å². The van der Waals surface area contributed by atoms with E-state index in [4.69, 9.17) is 4.74 Å². The van der Waals surface area contributed by atoms with Crippen molar-refractivity contribution in [3.8, 4) is 5.75 Å². The third-order valence-electron chi connectivity index (χ3n) is 5.17. The van der Waals surface area contributed by atoms with E-state index in [0.29, 0.717) is 23.3 Å². The molecule has 0 radical (unpaired) electrons. The number of urea groups is 1. The summed E-state index contributed by atoms with van der Waals surface area (Å²) < 4.78 is 5.20. The van der Waals surface area contributed by atoms with Crippen LogP contribution in [0.15, 0.2) is 42.5 Å². The first kappa shape index (κ1) is 22.7. The van der Waals surface area contributed by atoms with Crippen molar-refractivity contribution in [1.29, 1.82) is 0 Å². The van der Waals surface area contributed by atoms with E-state index < -0.39 is 23.9 Å². The second-order valence-corrected chi connectivity index (χ2v) is 7.20. The first-order chi connectivity index (χ1) is 15.4. The summed E-state index contributed by atoms with van der Waals surface area (Å²) in [5.41, 5.74) is 1.23. The number of para-hydroxylation sites is 2. The van der Waals surface area contributed by atoms with E-state index in [0.717, 1.165) is 4.90 Å². The molecule has 166 valence electrons. The van der Waals surface area contributed by atoms with E-state index in [1.165, 1.54) is 20.1 Å². The smallest absolute Gasteiger partial charge is 0.319 e. The standard InChI is InChI=1S/C23H23N3O6/c1-14(28)18(10-6-12-27)26-21(29)16-8-5-7-15(20(16)22(26)30)13-24-23(31)25-17-9-3-4-11-19(17)32-2/h3-5,7-9,11-12,18H,6,10,13H2,1-2H3,(H2,24,25,31). The first-order valence-electron chi connectivity index (χ1n) is 10.0. The van der Waals surface area contributed by atoms with Gasteiger partial charge in [0.2, 0.25) is 0 Å². The second-order valence-electron chi connectivity index (χ2n) is 7.20. The molecule has 0 fully saturated rings. The minimum Gasteiger partial charge on any atom is -0.495 e. The van der Waals surface area contributed by atoms with Crippen LogP contribution in [0.3, 0.4) is 0 Å². The lowest BCUT2D eigenvalue weighted by atomic mass is 10.0. The molecule has 9 heteroatoms. The van der Waals surface area contributed by atoms with Gasteiger partial charge in [-0.25, -0.2) is 4.79 Å². The molecule has 0 saturated heterocycles. The first-order valence-corrected chi connectivity index (χ1v) is 10.0. The maximum absolute atomic E-state index is 13.1. The van der Waals surface area contributed by atoms with Crippen LogP contribution in [0, 0.1) is 0 Å². The van der Waals surface area contributed by atoms with Gasteiger partial charge in [-0.1, -0.05) is 24.3 Å². The maximum Gasteiger partial charge on any atom is 0.319 e. The fraction of sp³-hybridized carbons (Fsp3) is 0.261. The van der Waals surface area contributed by atoms with E-state index in [1.54, 1.807) is 36.4 Å². The second kappa shape index (κ2) is 9.86. The van der Waals surface area contributed by atoms with Crippen molar-refractivity contribution in [3.63, 3.8) is 0 Å². The van der Waals surface area contributed by atoms with Gasteiger partial charge in [0.05, 0.1) is 30.0 Å². The van der Waals surface area contributed by atoms with Crippen molar-refractivity contribution in [2.24, 2.45) is 0 Å². The van der Waals surface area contributed by atoms with Crippen LogP contribution >= 0.6 is 0 Å². The molecule has 9 nitrogen and oxygen atoms in total. The molecule has 1 heterocycles. The number of rotatable bonds is 9. The lowest BCUT2D eigenvalue weighted by Gasteiger charge is -2.23. The van der Waals surface area contributed by atoms with Crippen molar-refractivity contribution >= 4 is 35.6 Å². The number of hydrogen-bond donors (Lipinski definition) is 2. The van der Waals surface area contributed by atoms with Gasteiger partial charge >= 0.3 is 6.03 Å². The highest BCUT2D eigenvalue weighted by molar-refractivity contribution is 6.23. The monoisotopic (exact) mass is 437 g/mol. The van der Waals surface area contributed by atoms with Crippen LogP contribution in [0.25, 0.3) is 0 Å². The van der Waals surface area contributed by atoms with Gasteiger partial charge in [0.25, 0.3) is 11.8 Å². The van der Waals surface area contributed by atoms with E-state index >= 15 is 0 Å². The van der Waals surface area contributed by atoms with Gasteiger partial charge in [0.15, 0.2) is 5.78 Å². The van der Waals surface area contributed by atoms with Crippen LogP contribution in [0.2, 0.25) is 0 Å². The van der Waals surface area contributed by atoms with Crippen LogP contribution < -0.4 is 15.4 Å². The summed E-state index contributed by atoms with van der Waals surface area (Å²) in [4.78, 5) is 62.0. The topological polar surface area (TPSA) is 122 Å². The molecule has 4 amide bonds. The minimum atomic E-state index is -1.01. The van der Waals surface area contributed by atoms with Gasteiger partial charge in [-0.3, -0.25) is 19.3 Å². The number of methoxy groups -OCH3 is 1. The number of imide groups is 1. The Morgan fingerprint density at radius 2 is 1.84 bits per heavy atom. The third kappa shape index (κ3) is 4.51. The summed E-state index contributed by atoms with van der Waals surface area (Å²) in [6.07, 6.45) is 0.762. The Balaban J connectivity index is 1.78. The van der Waals surface area contributed by atoms with E-state index in [2.05, 4.69) is 10.6 Å². The molecule has 3 rings (SSSR count). The summed E-state index contributed by atoms with van der Waals surface area (Å²) in [5, 5.41) is 5.33. The van der Waals surface area contributed by atoms with Crippen LogP contribution in [0.4, 0.5) is 10.5 Å². The predicted molar refractivity (Wildman–Crippen MR) is 116 cm³/mol. The summed E-state index contributed by atoms with van der Waals surface area (Å²) in [6, 6.07) is 10.1. The molecule has 0 saturated carbocycles. The number of amides is 4. The van der Waals surface area contributed by atoms with Gasteiger partial charge in [-0.2, -0.15) is 0 Å². The van der Waals surface area contributed by atoms with Crippen molar-refractivity contribution in [2.45, 2.75) is 32.4 Å². The predicted octanol–water partition coefficient (Wildman–Crippen LogP) is 2.55. The number of carbonyl (C=O) groups excluding carboxylic acids is 5. The molecule has 0 spiro atoms. The Bertz CT molecular complexity index is 1080. The number of carbonyl (C=O) groups is 5. The fourth-order valence-electron chi connectivity index (χ4n) is 3.63. The number of ketones is 1. The molecule has 0 aromatic heterocycles. The van der Waals surface area contributed by atoms with Crippen LogP contribution in [-0.4, -0.2) is 48.0 Å². The number of hydrogen-bond acceptors (Lipinski definition) is 6. The van der Waals surface area contributed by atoms with Gasteiger partial charge in [0, 0.05) is 13.0 Å². The van der Waals surface area contributed by atoms with Crippen molar-refractivity contribution < 1.29 is 28.7 Å². The number of nitrogens with zero attached hydrogens (tertiary/aromatic N) is 1. The molecule has 32 heavy (non-hydrogen) atoms. The largest absolute Gasteiger partial charge is 0.495 e. The van der Waals surface area contributed by atoms with E-state index in [-0.39, 0.29) is 36.3 Å². The average Bonchev–Trinajstić information content (AvgIpc) is 3.04. The van der Waals surface area contributed by atoms with E-state index in [9.17, 15) is 24.0 Å². The number of Topliss-reactive ketones (excluding diaryl/α,β-unsaturated/α-hetero) is 1. The van der Waals surface area contributed by atoms with Gasteiger partial charge in [0.1, 0.15) is 12.0 Å². The molecule has 1 aliphatic rings.